The molecule has 0 spiro atoms. The predicted molar refractivity (Wildman–Crippen MR) is 234 cm³/mol. The third-order valence-electron chi connectivity index (χ3n) is 8.91. The molecule has 29 heteroatoms. The monoisotopic (exact) mass is 989 g/mol. The van der Waals surface area contributed by atoms with E-state index in [0.717, 1.165) is 24.3 Å². The van der Waals surface area contributed by atoms with E-state index >= 15 is 0 Å². The lowest BCUT2D eigenvalue weighted by Crippen LogP contribution is -2.31. The van der Waals surface area contributed by atoms with E-state index in [4.69, 9.17) is 20.9 Å². The molecule has 26 nitrogen and oxygen atoms in total. The molecule has 0 saturated carbocycles. The van der Waals surface area contributed by atoms with Crippen molar-refractivity contribution in [1.29, 1.82) is 0 Å². The van der Waals surface area contributed by atoms with Gasteiger partial charge in [0, 0.05) is 49.8 Å². The van der Waals surface area contributed by atoms with Crippen LogP contribution in [0.5, 0.6) is 23.0 Å². The largest absolute Gasteiger partial charge is 0.507 e. The number of nitrogens with zero attached hydrogens (tertiary/aromatic N) is 7. The van der Waals surface area contributed by atoms with Gasteiger partial charge < -0.3 is 46.3 Å². The Morgan fingerprint density at radius 1 is 0.582 bits per heavy atom. The summed E-state index contributed by atoms with van der Waals surface area (Å²) in [7, 11) is -15.2. The topological polar surface area (TPSA) is 426 Å². The summed E-state index contributed by atoms with van der Waals surface area (Å²) in [5.74, 6) is -3.72. The standard InChI is InChI=1S/C38H39N9O17S3/c39-34(51)7-9-47(10-8-35(40)52)24-4-1-22(2-5-24)41-42-23-3-6-26(32(17-23)66(57,58)59)43-44-27-19-31(64-14-12-49)28(20-30(27)63-13-11-48)45-46-37-33(67(60,61)62)16-21-15-25(65(54,55)56)18-29(50)36(21)38(37)53/h1-6,15-20,48-50,53H,7-14H2,(H2,39,51)(H2,40,52)(H,54,55,56)(H,57,58,59)(H,60,61,62)/b42-41+,44-43+,46-45+. The van der Waals surface area contributed by atoms with Crippen LogP contribution >= 0.6 is 0 Å². The first kappa shape index (κ1) is 50.7. The Kier molecular flexibility index (Phi) is 16.2. The third-order valence-corrected chi connectivity index (χ3v) is 11.5. The molecular formula is C38H39N9O17S3. The molecule has 356 valence electrons. The SMILES string of the molecule is NC(=O)CCN(CCC(N)=O)c1ccc(/N=N/c2ccc(/N=N/c3cc(OCCO)c(/N=N/c4c(S(=O)(=O)O)cc5cc(S(=O)(=O)O)cc(O)c5c4O)cc3OCCO)c(S(=O)(=O)O)c2)cc1. The number of primary amides is 2. The molecule has 0 fully saturated rings. The minimum atomic E-state index is -5.29. The van der Waals surface area contributed by atoms with E-state index in [2.05, 4.69) is 30.7 Å². The fourth-order valence-electron chi connectivity index (χ4n) is 5.89. The van der Waals surface area contributed by atoms with Crippen LogP contribution in [0.1, 0.15) is 12.8 Å². The number of anilines is 1. The highest BCUT2D eigenvalue weighted by Gasteiger charge is 2.26. The highest BCUT2D eigenvalue weighted by molar-refractivity contribution is 7.86. The number of hydrogen-bond donors (Lipinski definition) is 9. The van der Waals surface area contributed by atoms with Gasteiger partial charge in [-0.05, 0) is 60.0 Å². The molecule has 0 heterocycles. The number of fused-ring (bicyclic) bond motifs is 1. The number of amides is 2. The van der Waals surface area contributed by atoms with E-state index < -0.39 is 110 Å². The summed E-state index contributed by atoms with van der Waals surface area (Å²) in [4.78, 5) is 21.6. The quantitative estimate of drug-likeness (QED) is 0.0339. The number of hydrogen-bond acceptors (Lipinski definition) is 21. The molecule has 0 aliphatic rings. The lowest BCUT2D eigenvalue weighted by molar-refractivity contribution is -0.118. The van der Waals surface area contributed by atoms with Gasteiger partial charge in [0.25, 0.3) is 30.4 Å². The maximum Gasteiger partial charge on any atom is 0.296 e. The van der Waals surface area contributed by atoms with Gasteiger partial charge in [0.2, 0.25) is 11.8 Å². The molecule has 5 rings (SSSR count). The van der Waals surface area contributed by atoms with Crippen LogP contribution in [-0.2, 0) is 39.9 Å². The van der Waals surface area contributed by atoms with Gasteiger partial charge in [-0.3, -0.25) is 23.2 Å². The highest BCUT2D eigenvalue weighted by atomic mass is 32.2. The minimum Gasteiger partial charge on any atom is -0.507 e. The molecule has 0 unspecified atom stereocenters. The second-order valence-electron chi connectivity index (χ2n) is 13.7. The number of benzene rings is 5. The van der Waals surface area contributed by atoms with Crippen molar-refractivity contribution in [2.24, 2.45) is 42.2 Å². The number of azo groups is 3. The van der Waals surface area contributed by atoms with Gasteiger partial charge in [-0.2, -0.15) is 35.5 Å². The fourth-order valence-corrected chi connectivity index (χ4v) is 7.73. The number of phenolic OH excluding ortho intramolecular Hbond substituents is 2. The van der Waals surface area contributed by atoms with Crippen molar-refractivity contribution in [3.63, 3.8) is 0 Å². The Labute approximate surface area is 379 Å². The zero-order chi connectivity index (χ0) is 49.3. The summed E-state index contributed by atoms with van der Waals surface area (Å²) in [6.45, 7) is -1.49. The average molecular weight is 990 g/mol. The van der Waals surface area contributed by atoms with E-state index in [-0.39, 0.29) is 61.1 Å². The molecule has 0 aliphatic carbocycles. The van der Waals surface area contributed by atoms with Crippen LogP contribution in [0.3, 0.4) is 0 Å². The normalized spacial score (nSPS) is 12.4. The summed E-state index contributed by atoms with van der Waals surface area (Å²) >= 11 is 0. The molecule has 0 aromatic heterocycles. The minimum absolute atomic E-state index is 0.0128. The molecule has 0 saturated heterocycles. The number of aliphatic hydroxyl groups excluding tert-OH is 2. The van der Waals surface area contributed by atoms with Gasteiger partial charge in [-0.15, -0.1) is 20.5 Å². The zero-order valence-electron chi connectivity index (χ0n) is 34.3. The number of aliphatic hydroxyl groups is 2. The molecule has 5 aromatic carbocycles. The summed E-state index contributed by atoms with van der Waals surface area (Å²) in [5, 5.41) is 63.3. The molecule has 0 bridgehead atoms. The van der Waals surface area contributed by atoms with Gasteiger partial charge in [-0.25, -0.2) is 0 Å². The lowest BCUT2D eigenvalue weighted by atomic mass is 10.1. The lowest BCUT2D eigenvalue weighted by Gasteiger charge is -2.23. The summed E-state index contributed by atoms with van der Waals surface area (Å²) in [5.41, 5.74) is 9.40. The molecule has 67 heavy (non-hydrogen) atoms. The second-order valence-corrected chi connectivity index (χ2v) is 17.9. The summed E-state index contributed by atoms with van der Waals surface area (Å²) in [6, 6.07) is 13.7. The van der Waals surface area contributed by atoms with Crippen molar-refractivity contribution >= 4 is 92.8 Å². The van der Waals surface area contributed by atoms with Crippen LogP contribution in [0.15, 0.2) is 118 Å². The van der Waals surface area contributed by atoms with Crippen molar-refractivity contribution in [2.45, 2.75) is 27.5 Å². The molecule has 11 N–H and O–H groups in total. The van der Waals surface area contributed by atoms with Crippen molar-refractivity contribution in [2.75, 3.05) is 44.4 Å². The van der Waals surface area contributed by atoms with Crippen LogP contribution in [-0.4, -0.2) is 111 Å². The molecule has 2 amide bonds. The second kappa shape index (κ2) is 21.4. The van der Waals surface area contributed by atoms with Gasteiger partial charge in [0.15, 0.2) is 5.75 Å². The number of nitrogens with two attached hydrogens (primary N) is 2. The van der Waals surface area contributed by atoms with E-state index in [1.54, 1.807) is 29.2 Å². The molecule has 0 radical (unpaired) electrons. The zero-order valence-corrected chi connectivity index (χ0v) is 36.8. The fraction of sp³-hybridized carbons (Fsp3) is 0.211. The smallest absolute Gasteiger partial charge is 0.296 e. The number of carbonyl (C=O) groups excluding carboxylic acids is 2. The molecule has 0 atom stereocenters. The maximum atomic E-state index is 12.5. The number of carbonyl (C=O) groups is 2. The summed E-state index contributed by atoms with van der Waals surface area (Å²) in [6.07, 6.45) is 0.0256. The Morgan fingerprint density at radius 2 is 1.09 bits per heavy atom. The van der Waals surface area contributed by atoms with Crippen LogP contribution < -0.4 is 25.8 Å². The summed E-state index contributed by atoms with van der Waals surface area (Å²) < 4.78 is 114. The van der Waals surface area contributed by atoms with Crippen LogP contribution in [0.4, 0.5) is 39.8 Å². The van der Waals surface area contributed by atoms with Gasteiger partial charge >= 0.3 is 0 Å². The number of aromatic hydroxyl groups is 2. The van der Waals surface area contributed by atoms with E-state index in [1.165, 1.54) is 6.07 Å². The van der Waals surface area contributed by atoms with Gasteiger partial charge in [-0.1, -0.05) is 0 Å². The first-order valence-corrected chi connectivity index (χ1v) is 23.2. The van der Waals surface area contributed by atoms with Crippen LogP contribution in [0.2, 0.25) is 0 Å². The Hall–Kier alpha value is -7.25. The van der Waals surface area contributed by atoms with E-state index in [0.29, 0.717) is 29.6 Å². The van der Waals surface area contributed by atoms with Gasteiger partial charge in [0.1, 0.15) is 63.0 Å². The van der Waals surface area contributed by atoms with Crippen LogP contribution in [0.25, 0.3) is 10.8 Å². The van der Waals surface area contributed by atoms with E-state index in [9.17, 15) is 68.9 Å². The van der Waals surface area contributed by atoms with E-state index in [1.807, 2.05) is 0 Å². The Morgan fingerprint density at radius 3 is 1.60 bits per heavy atom. The third kappa shape index (κ3) is 13.4. The van der Waals surface area contributed by atoms with Crippen molar-refractivity contribution < 1.29 is 78.4 Å². The van der Waals surface area contributed by atoms with Crippen molar-refractivity contribution in [3.05, 3.63) is 72.8 Å². The number of rotatable bonds is 22. The average Bonchev–Trinajstić information content (AvgIpc) is 3.25. The number of phenols is 2. The molecular weight excluding hydrogens is 951 g/mol. The molecule has 0 aliphatic heterocycles. The Bertz CT molecular complexity index is 3120. The first-order valence-electron chi connectivity index (χ1n) is 18.9. The maximum absolute atomic E-state index is 12.5. The highest BCUT2D eigenvalue weighted by Crippen LogP contribution is 2.47. The Balaban J connectivity index is 1.52. The molecule has 5 aromatic rings. The van der Waals surface area contributed by atoms with Crippen molar-refractivity contribution in [1.82, 2.24) is 0 Å². The van der Waals surface area contributed by atoms with Gasteiger partial charge in [0.05, 0.1) is 34.9 Å². The predicted octanol–water partition coefficient (Wildman–Crippen LogP) is 4.54. The number of ether oxygens (including phenoxy) is 2. The van der Waals surface area contributed by atoms with Crippen molar-refractivity contribution in [3.8, 4) is 23.0 Å². The first-order chi connectivity index (χ1) is 31.5. The van der Waals surface area contributed by atoms with Crippen LogP contribution in [0, 0.1) is 0 Å².